The SMILES string of the molecule is CCOc1cccnc1NC(=O)c1ccc2c(c1)OCO2. The van der Waals surface area contributed by atoms with Crippen molar-refractivity contribution in [2.24, 2.45) is 0 Å². The van der Waals surface area contributed by atoms with Gasteiger partial charge in [-0.3, -0.25) is 4.79 Å². The number of carbonyl (C=O) groups is 1. The third-order valence-corrected chi connectivity index (χ3v) is 2.94. The van der Waals surface area contributed by atoms with Gasteiger partial charge >= 0.3 is 0 Å². The van der Waals surface area contributed by atoms with E-state index in [1.54, 1.807) is 36.5 Å². The fourth-order valence-corrected chi connectivity index (χ4v) is 1.97. The summed E-state index contributed by atoms with van der Waals surface area (Å²) in [5.74, 6) is 1.84. The highest BCUT2D eigenvalue weighted by Gasteiger charge is 2.17. The van der Waals surface area contributed by atoms with Gasteiger partial charge < -0.3 is 19.5 Å². The van der Waals surface area contributed by atoms with Crippen molar-refractivity contribution < 1.29 is 19.0 Å². The van der Waals surface area contributed by atoms with E-state index >= 15 is 0 Å². The van der Waals surface area contributed by atoms with Gasteiger partial charge in [0.25, 0.3) is 5.91 Å². The van der Waals surface area contributed by atoms with Crippen LogP contribution in [0.4, 0.5) is 5.82 Å². The maximum absolute atomic E-state index is 12.3. The van der Waals surface area contributed by atoms with Gasteiger partial charge in [-0.15, -0.1) is 0 Å². The molecule has 0 fully saturated rings. The minimum atomic E-state index is -0.284. The van der Waals surface area contributed by atoms with Crippen LogP contribution in [0.1, 0.15) is 17.3 Å². The van der Waals surface area contributed by atoms with Gasteiger partial charge in [0.15, 0.2) is 23.1 Å². The van der Waals surface area contributed by atoms with Crippen molar-refractivity contribution in [3.8, 4) is 17.2 Å². The van der Waals surface area contributed by atoms with Gasteiger partial charge in [-0.25, -0.2) is 4.98 Å². The Balaban J connectivity index is 1.80. The van der Waals surface area contributed by atoms with E-state index in [9.17, 15) is 4.79 Å². The zero-order valence-electron chi connectivity index (χ0n) is 11.5. The molecule has 0 bridgehead atoms. The highest BCUT2D eigenvalue weighted by atomic mass is 16.7. The molecule has 3 rings (SSSR count). The van der Waals surface area contributed by atoms with Crippen molar-refractivity contribution in [1.29, 1.82) is 0 Å². The smallest absolute Gasteiger partial charge is 0.257 e. The molecule has 0 saturated carbocycles. The summed E-state index contributed by atoms with van der Waals surface area (Å²) in [5, 5.41) is 2.73. The number of benzene rings is 1. The van der Waals surface area contributed by atoms with Crippen molar-refractivity contribution in [3.05, 3.63) is 42.1 Å². The van der Waals surface area contributed by atoms with Crippen LogP contribution in [-0.4, -0.2) is 24.3 Å². The van der Waals surface area contributed by atoms with E-state index in [0.29, 0.717) is 35.2 Å². The van der Waals surface area contributed by atoms with Gasteiger partial charge in [0.05, 0.1) is 6.61 Å². The Labute approximate surface area is 121 Å². The Kier molecular flexibility index (Phi) is 3.59. The molecular formula is C15H14N2O4. The van der Waals surface area contributed by atoms with Gasteiger partial charge in [-0.2, -0.15) is 0 Å². The van der Waals surface area contributed by atoms with Crippen LogP contribution in [0, 0.1) is 0 Å². The Bertz CT molecular complexity index is 672. The number of aromatic nitrogens is 1. The minimum Gasteiger partial charge on any atom is -0.490 e. The predicted molar refractivity (Wildman–Crippen MR) is 75.9 cm³/mol. The molecule has 6 nitrogen and oxygen atoms in total. The van der Waals surface area contributed by atoms with E-state index in [2.05, 4.69) is 10.3 Å². The molecule has 2 aromatic rings. The first-order valence-corrected chi connectivity index (χ1v) is 6.56. The van der Waals surface area contributed by atoms with E-state index in [1.807, 2.05) is 6.92 Å². The van der Waals surface area contributed by atoms with Crippen LogP contribution < -0.4 is 19.5 Å². The van der Waals surface area contributed by atoms with Crippen LogP contribution in [0.5, 0.6) is 17.2 Å². The summed E-state index contributed by atoms with van der Waals surface area (Å²) in [5.41, 5.74) is 0.465. The lowest BCUT2D eigenvalue weighted by atomic mass is 10.2. The number of hydrogen-bond acceptors (Lipinski definition) is 5. The van der Waals surface area contributed by atoms with Gasteiger partial charge in [-0.1, -0.05) is 0 Å². The number of carbonyl (C=O) groups excluding carboxylic acids is 1. The van der Waals surface area contributed by atoms with Crippen LogP contribution in [0.15, 0.2) is 36.5 Å². The average Bonchev–Trinajstić information content (AvgIpc) is 2.97. The number of rotatable bonds is 4. The molecule has 0 saturated heterocycles. The largest absolute Gasteiger partial charge is 0.490 e. The predicted octanol–water partition coefficient (Wildman–Crippen LogP) is 2.46. The molecule has 1 N–H and O–H groups in total. The highest BCUT2D eigenvalue weighted by Crippen LogP contribution is 2.32. The van der Waals surface area contributed by atoms with Crippen molar-refractivity contribution in [2.45, 2.75) is 6.92 Å². The van der Waals surface area contributed by atoms with E-state index in [1.165, 1.54) is 0 Å². The lowest BCUT2D eigenvalue weighted by molar-refractivity contribution is 0.102. The highest BCUT2D eigenvalue weighted by molar-refractivity contribution is 6.04. The minimum absolute atomic E-state index is 0.176. The van der Waals surface area contributed by atoms with Crippen LogP contribution in [0.3, 0.4) is 0 Å². The molecule has 0 atom stereocenters. The molecule has 0 unspecified atom stereocenters. The zero-order chi connectivity index (χ0) is 14.7. The lowest BCUT2D eigenvalue weighted by Gasteiger charge is -2.10. The third kappa shape index (κ3) is 2.74. The number of hydrogen-bond donors (Lipinski definition) is 1. The first-order chi connectivity index (χ1) is 10.3. The summed E-state index contributed by atoms with van der Waals surface area (Å²) in [4.78, 5) is 16.4. The maximum atomic E-state index is 12.3. The zero-order valence-corrected chi connectivity index (χ0v) is 11.5. The summed E-state index contributed by atoms with van der Waals surface area (Å²) in [7, 11) is 0. The molecular weight excluding hydrogens is 272 g/mol. The second-order valence-corrected chi connectivity index (χ2v) is 4.31. The normalized spacial score (nSPS) is 12.0. The summed E-state index contributed by atoms with van der Waals surface area (Å²) in [6.07, 6.45) is 1.60. The van der Waals surface area contributed by atoms with Gasteiger partial charge in [-0.05, 0) is 37.3 Å². The molecule has 108 valence electrons. The van der Waals surface area contributed by atoms with Crippen molar-refractivity contribution in [1.82, 2.24) is 4.98 Å². The van der Waals surface area contributed by atoms with E-state index in [0.717, 1.165) is 0 Å². The molecule has 1 aromatic heterocycles. The third-order valence-electron chi connectivity index (χ3n) is 2.94. The molecule has 1 aromatic carbocycles. The molecule has 1 aliphatic rings. The summed E-state index contributed by atoms with van der Waals surface area (Å²) >= 11 is 0. The molecule has 0 aliphatic carbocycles. The Hall–Kier alpha value is -2.76. The first kappa shape index (κ1) is 13.2. The second-order valence-electron chi connectivity index (χ2n) is 4.31. The average molecular weight is 286 g/mol. The van der Waals surface area contributed by atoms with Gasteiger partial charge in [0, 0.05) is 11.8 Å². The number of fused-ring (bicyclic) bond motifs is 1. The number of anilines is 1. The summed E-state index contributed by atoms with van der Waals surface area (Å²) in [6.45, 7) is 2.55. The van der Waals surface area contributed by atoms with Crippen molar-refractivity contribution in [3.63, 3.8) is 0 Å². The van der Waals surface area contributed by atoms with E-state index in [4.69, 9.17) is 14.2 Å². The molecule has 21 heavy (non-hydrogen) atoms. The fraction of sp³-hybridized carbons (Fsp3) is 0.200. The summed E-state index contributed by atoms with van der Waals surface area (Å²) < 4.78 is 15.9. The van der Waals surface area contributed by atoms with Crippen molar-refractivity contribution >= 4 is 11.7 Å². The molecule has 0 spiro atoms. The molecule has 0 radical (unpaired) electrons. The van der Waals surface area contributed by atoms with E-state index < -0.39 is 0 Å². The molecule has 1 amide bonds. The number of nitrogens with zero attached hydrogens (tertiary/aromatic N) is 1. The Morgan fingerprint density at radius 2 is 2.19 bits per heavy atom. The topological polar surface area (TPSA) is 69.7 Å². The Morgan fingerprint density at radius 3 is 3.05 bits per heavy atom. The Morgan fingerprint density at radius 1 is 1.33 bits per heavy atom. The fourth-order valence-electron chi connectivity index (χ4n) is 1.97. The number of amides is 1. The van der Waals surface area contributed by atoms with Gasteiger partial charge in [0.2, 0.25) is 6.79 Å². The molecule has 1 aliphatic heterocycles. The van der Waals surface area contributed by atoms with E-state index in [-0.39, 0.29) is 12.7 Å². The van der Waals surface area contributed by atoms with Crippen LogP contribution >= 0.6 is 0 Å². The monoisotopic (exact) mass is 286 g/mol. The standard InChI is InChI=1S/C15H14N2O4/c1-2-19-12-4-3-7-16-14(12)17-15(18)10-5-6-11-13(8-10)21-9-20-11/h3-8H,2,9H2,1H3,(H,16,17,18). The van der Waals surface area contributed by atoms with Crippen molar-refractivity contribution in [2.75, 3.05) is 18.7 Å². The maximum Gasteiger partial charge on any atom is 0.257 e. The second kappa shape index (κ2) is 5.70. The summed E-state index contributed by atoms with van der Waals surface area (Å²) in [6, 6.07) is 8.53. The van der Waals surface area contributed by atoms with Crippen LogP contribution in [0.2, 0.25) is 0 Å². The van der Waals surface area contributed by atoms with Gasteiger partial charge in [0.1, 0.15) is 0 Å². The van der Waals surface area contributed by atoms with Crippen LogP contribution in [0.25, 0.3) is 0 Å². The molecule has 6 heteroatoms. The first-order valence-electron chi connectivity index (χ1n) is 6.56. The lowest BCUT2D eigenvalue weighted by Crippen LogP contribution is -2.14. The molecule has 2 heterocycles. The number of ether oxygens (including phenoxy) is 3. The quantitative estimate of drug-likeness (QED) is 0.935. The van der Waals surface area contributed by atoms with Crippen LogP contribution in [-0.2, 0) is 0 Å². The number of nitrogens with one attached hydrogen (secondary N) is 1. The number of pyridine rings is 1.